The number of carbonyl (C=O) groups is 1. The number of anilines is 2. The number of oxazole rings is 1. The van der Waals surface area contributed by atoms with Gasteiger partial charge >= 0.3 is 0 Å². The minimum Gasteiger partial charge on any atom is -0.436 e. The van der Waals surface area contributed by atoms with Crippen LogP contribution in [0, 0.1) is 17.0 Å². The number of carbonyl (C=O) groups excluding carboxylic acids is 1. The monoisotopic (exact) mass is 456 g/mol. The molecule has 34 heavy (non-hydrogen) atoms. The van der Waals surface area contributed by atoms with Gasteiger partial charge in [-0.3, -0.25) is 14.9 Å². The van der Waals surface area contributed by atoms with Crippen molar-refractivity contribution in [1.82, 2.24) is 4.98 Å². The van der Waals surface area contributed by atoms with E-state index < -0.39 is 10.8 Å². The molecule has 1 aliphatic rings. The molecule has 3 aromatic carbocycles. The number of aromatic nitrogens is 1. The minimum absolute atomic E-state index is 0.0509. The summed E-state index contributed by atoms with van der Waals surface area (Å²) < 4.78 is 5.86. The Hall–Kier alpha value is -4.20. The van der Waals surface area contributed by atoms with Gasteiger partial charge in [0.1, 0.15) is 11.2 Å². The third-order valence-corrected chi connectivity index (χ3v) is 6.04. The van der Waals surface area contributed by atoms with E-state index >= 15 is 0 Å². The van der Waals surface area contributed by atoms with E-state index in [0.717, 1.165) is 49.0 Å². The van der Waals surface area contributed by atoms with Crippen LogP contribution >= 0.6 is 0 Å². The highest BCUT2D eigenvalue weighted by Gasteiger charge is 2.23. The van der Waals surface area contributed by atoms with Crippen LogP contribution in [-0.2, 0) is 0 Å². The zero-order valence-corrected chi connectivity index (χ0v) is 18.8. The maximum Gasteiger partial charge on any atom is 0.293 e. The second kappa shape index (κ2) is 8.97. The van der Waals surface area contributed by atoms with Crippen LogP contribution in [0.2, 0.25) is 0 Å². The zero-order valence-electron chi connectivity index (χ0n) is 18.8. The lowest BCUT2D eigenvalue weighted by molar-refractivity contribution is -0.384. The van der Waals surface area contributed by atoms with Crippen molar-refractivity contribution >= 4 is 34.1 Å². The molecule has 0 unspecified atom stereocenters. The number of benzene rings is 3. The summed E-state index contributed by atoms with van der Waals surface area (Å²) in [6, 6.07) is 17.6. The van der Waals surface area contributed by atoms with Crippen LogP contribution in [-0.4, -0.2) is 28.9 Å². The lowest BCUT2D eigenvalue weighted by Gasteiger charge is -2.28. The summed E-state index contributed by atoms with van der Waals surface area (Å²) in [6.07, 6.45) is 3.15. The van der Waals surface area contributed by atoms with E-state index in [1.54, 1.807) is 30.3 Å². The first-order chi connectivity index (χ1) is 16.5. The summed E-state index contributed by atoms with van der Waals surface area (Å²) in [6.45, 7) is 3.57. The van der Waals surface area contributed by atoms with Crippen LogP contribution in [0.3, 0.4) is 0 Å². The lowest BCUT2D eigenvalue weighted by Crippen LogP contribution is -2.30. The molecule has 1 fully saturated rings. The maximum atomic E-state index is 12.9. The molecule has 8 nitrogen and oxygen atoms in total. The normalized spacial score (nSPS) is 13.7. The van der Waals surface area contributed by atoms with Gasteiger partial charge in [-0.1, -0.05) is 12.1 Å². The first kappa shape index (κ1) is 21.6. The number of fused-ring (bicyclic) bond motifs is 1. The Kier molecular flexibility index (Phi) is 5.71. The summed E-state index contributed by atoms with van der Waals surface area (Å²) in [5, 5.41) is 14.6. The second-order valence-electron chi connectivity index (χ2n) is 8.53. The fraction of sp³-hybridized carbons (Fsp3) is 0.231. The first-order valence-electron chi connectivity index (χ1n) is 11.3. The van der Waals surface area contributed by atoms with Crippen molar-refractivity contribution in [1.29, 1.82) is 0 Å². The van der Waals surface area contributed by atoms with Crippen LogP contribution < -0.4 is 10.2 Å². The third kappa shape index (κ3) is 4.34. The van der Waals surface area contributed by atoms with E-state index in [1.165, 1.54) is 6.07 Å². The Bertz CT molecular complexity index is 1390. The Morgan fingerprint density at radius 2 is 1.88 bits per heavy atom. The van der Waals surface area contributed by atoms with Crippen molar-refractivity contribution in [2.75, 3.05) is 23.3 Å². The maximum absolute atomic E-state index is 12.9. The molecule has 1 amide bonds. The SMILES string of the molecule is Cc1ccc2oc(-c3cccc(NC(=O)c4ccc(N5CCCCC5)c([N+](=O)[O-])c4)c3)nc2c1. The highest BCUT2D eigenvalue weighted by molar-refractivity contribution is 6.05. The van der Waals surface area contributed by atoms with Crippen LogP contribution in [0.1, 0.15) is 35.2 Å². The van der Waals surface area contributed by atoms with Crippen molar-refractivity contribution in [3.63, 3.8) is 0 Å². The van der Waals surface area contributed by atoms with E-state index in [0.29, 0.717) is 22.8 Å². The molecule has 0 spiro atoms. The van der Waals surface area contributed by atoms with Crippen molar-refractivity contribution < 1.29 is 14.1 Å². The number of hydrogen-bond acceptors (Lipinski definition) is 6. The van der Waals surface area contributed by atoms with Crippen molar-refractivity contribution in [3.8, 4) is 11.5 Å². The molecule has 0 radical (unpaired) electrons. The van der Waals surface area contributed by atoms with Gasteiger partial charge in [-0.25, -0.2) is 4.98 Å². The van der Waals surface area contributed by atoms with Crippen molar-refractivity contribution in [2.45, 2.75) is 26.2 Å². The van der Waals surface area contributed by atoms with Crippen LogP contribution in [0.15, 0.2) is 65.1 Å². The van der Waals surface area contributed by atoms with Crippen molar-refractivity contribution in [2.24, 2.45) is 0 Å². The van der Waals surface area contributed by atoms with Crippen LogP contribution in [0.5, 0.6) is 0 Å². The summed E-state index contributed by atoms with van der Waals surface area (Å²) in [5.41, 5.74) is 4.56. The first-order valence-corrected chi connectivity index (χ1v) is 11.3. The smallest absolute Gasteiger partial charge is 0.293 e. The average Bonchev–Trinajstić information content (AvgIpc) is 3.27. The van der Waals surface area contributed by atoms with Crippen molar-refractivity contribution in [3.05, 3.63) is 81.9 Å². The predicted molar refractivity (Wildman–Crippen MR) is 131 cm³/mol. The molecule has 1 aliphatic heterocycles. The van der Waals surface area contributed by atoms with Gasteiger partial charge in [0.25, 0.3) is 11.6 Å². The molecule has 5 rings (SSSR count). The molecule has 1 saturated heterocycles. The number of piperidine rings is 1. The van der Waals surface area contributed by atoms with Gasteiger partial charge in [0.15, 0.2) is 5.58 Å². The Morgan fingerprint density at radius 3 is 2.68 bits per heavy atom. The highest BCUT2D eigenvalue weighted by Crippen LogP contribution is 2.32. The largest absolute Gasteiger partial charge is 0.436 e. The van der Waals surface area contributed by atoms with E-state index in [4.69, 9.17) is 4.42 Å². The number of nitrogens with zero attached hydrogens (tertiary/aromatic N) is 3. The fourth-order valence-electron chi connectivity index (χ4n) is 4.31. The standard InChI is InChI=1S/C26H24N4O4/c1-17-8-11-24-21(14-17)28-26(34-24)19-6-5-7-20(15-19)27-25(31)18-9-10-22(23(16-18)30(32)33)29-12-3-2-4-13-29/h5-11,14-16H,2-4,12-13H2,1H3,(H,27,31). The van der Waals surface area contributed by atoms with E-state index in [2.05, 4.69) is 10.3 Å². The van der Waals surface area contributed by atoms with Crippen LogP contribution in [0.25, 0.3) is 22.6 Å². The van der Waals surface area contributed by atoms with Gasteiger partial charge in [0, 0.05) is 36.0 Å². The minimum atomic E-state index is -0.420. The quantitative estimate of drug-likeness (QED) is 0.294. The Morgan fingerprint density at radius 1 is 1.06 bits per heavy atom. The number of nitrogens with one attached hydrogen (secondary N) is 1. The number of hydrogen-bond donors (Lipinski definition) is 1. The topological polar surface area (TPSA) is 102 Å². The molecule has 172 valence electrons. The van der Waals surface area contributed by atoms with Gasteiger partial charge in [-0.2, -0.15) is 0 Å². The van der Waals surface area contributed by atoms with Gasteiger partial charge < -0.3 is 14.6 Å². The lowest BCUT2D eigenvalue weighted by atomic mass is 10.1. The number of nitro groups is 1. The van der Waals surface area contributed by atoms with Crippen LogP contribution in [0.4, 0.5) is 17.1 Å². The number of amides is 1. The third-order valence-electron chi connectivity index (χ3n) is 6.04. The molecule has 0 saturated carbocycles. The summed E-state index contributed by atoms with van der Waals surface area (Å²) in [7, 11) is 0. The summed E-state index contributed by atoms with van der Waals surface area (Å²) in [5.74, 6) is 0.0388. The average molecular weight is 457 g/mol. The molecule has 8 heteroatoms. The molecular weight excluding hydrogens is 432 g/mol. The highest BCUT2D eigenvalue weighted by atomic mass is 16.6. The fourth-order valence-corrected chi connectivity index (χ4v) is 4.31. The zero-order chi connectivity index (χ0) is 23.7. The van der Waals surface area contributed by atoms with Gasteiger partial charge in [0.2, 0.25) is 5.89 Å². The van der Waals surface area contributed by atoms with E-state index in [1.807, 2.05) is 36.1 Å². The number of rotatable bonds is 5. The predicted octanol–water partition coefficient (Wildman–Crippen LogP) is 5.95. The number of aryl methyl sites for hydroxylation is 1. The van der Waals surface area contributed by atoms with E-state index in [9.17, 15) is 14.9 Å². The Labute approximate surface area is 196 Å². The molecule has 0 bridgehead atoms. The molecule has 2 heterocycles. The second-order valence-corrected chi connectivity index (χ2v) is 8.53. The van der Waals surface area contributed by atoms with Gasteiger partial charge in [0.05, 0.1) is 4.92 Å². The molecule has 4 aromatic rings. The molecule has 1 aromatic heterocycles. The van der Waals surface area contributed by atoms with E-state index in [-0.39, 0.29) is 11.3 Å². The number of nitro benzene ring substituents is 1. The van der Waals surface area contributed by atoms with Gasteiger partial charge in [-0.15, -0.1) is 0 Å². The summed E-state index contributed by atoms with van der Waals surface area (Å²) in [4.78, 5) is 30.8. The summed E-state index contributed by atoms with van der Waals surface area (Å²) >= 11 is 0. The molecule has 0 aliphatic carbocycles. The Balaban J connectivity index is 1.38. The molecular formula is C26H24N4O4. The van der Waals surface area contributed by atoms with Gasteiger partial charge in [-0.05, 0) is 74.2 Å². The molecule has 0 atom stereocenters. The molecule has 1 N–H and O–H groups in total.